The molecular weight excluding hydrogens is 302 g/mol. The maximum absolute atomic E-state index is 12.4. The summed E-state index contributed by atoms with van der Waals surface area (Å²) in [6.07, 6.45) is -14.2. The number of nitrogens with zero attached hydrogens (tertiary/aromatic N) is 1. The van der Waals surface area contributed by atoms with E-state index in [0.717, 1.165) is 12.5 Å². The van der Waals surface area contributed by atoms with Crippen molar-refractivity contribution in [3.63, 3.8) is 0 Å². The van der Waals surface area contributed by atoms with E-state index in [0.29, 0.717) is 12.2 Å². The number of nitrogens with one attached hydrogen (secondary N) is 1. The first-order valence-corrected chi connectivity index (χ1v) is 6.11. The van der Waals surface area contributed by atoms with E-state index >= 15 is 0 Å². The number of ether oxygens (including phenoxy) is 1. The van der Waals surface area contributed by atoms with Crippen molar-refractivity contribution in [3.05, 3.63) is 23.9 Å². The summed E-state index contributed by atoms with van der Waals surface area (Å²) in [7, 11) is 0. The van der Waals surface area contributed by atoms with Crippen molar-refractivity contribution in [2.75, 3.05) is 6.54 Å². The van der Waals surface area contributed by atoms with Gasteiger partial charge < -0.3 is 10.1 Å². The van der Waals surface area contributed by atoms with Gasteiger partial charge in [-0.15, -0.1) is 0 Å². The van der Waals surface area contributed by atoms with Crippen LogP contribution in [0.25, 0.3) is 0 Å². The molecule has 0 saturated carbocycles. The predicted molar refractivity (Wildman–Crippen MR) is 62.8 cm³/mol. The molecule has 1 N–H and O–H groups in total. The fourth-order valence-electron chi connectivity index (χ4n) is 1.45. The standard InChI is InChI=1S/C12H14F6N2O/c1-2-6-19-7-8-4-3-5-9(20-8)21-10(11(13,14)15)12(16,17)18/h3-5,10,19H,2,6-7H2,1H3. The molecule has 0 atom stereocenters. The molecule has 0 aliphatic heterocycles. The molecule has 1 aromatic heterocycles. The smallest absolute Gasteiger partial charge is 0.434 e. The van der Waals surface area contributed by atoms with Crippen LogP contribution in [0.4, 0.5) is 26.3 Å². The zero-order chi connectivity index (χ0) is 16.1. The van der Waals surface area contributed by atoms with Crippen LogP contribution < -0.4 is 10.1 Å². The first-order chi connectivity index (χ1) is 9.64. The van der Waals surface area contributed by atoms with Gasteiger partial charge in [-0.1, -0.05) is 13.0 Å². The van der Waals surface area contributed by atoms with Crippen LogP contribution >= 0.6 is 0 Å². The van der Waals surface area contributed by atoms with E-state index in [1.807, 2.05) is 6.92 Å². The second-order valence-electron chi connectivity index (χ2n) is 4.23. The van der Waals surface area contributed by atoms with Crippen LogP contribution in [0.2, 0.25) is 0 Å². The Labute approximate surface area is 117 Å². The molecule has 21 heavy (non-hydrogen) atoms. The number of hydrogen-bond acceptors (Lipinski definition) is 3. The van der Waals surface area contributed by atoms with E-state index in [9.17, 15) is 26.3 Å². The maximum Gasteiger partial charge on any atom is 0.434 e. The molecule has 0 spiro atoms. The predicted octanol–water partition coefficient (Wildman–Crippen LogP) is 3.45. The van der Waals surface area contributed by atoms with Crippen molar-refractivity contribution < 1.29 is 31.1 Å². The molecule has 1 heterocycles. The summed E-state index contributed by atoms with van der Waals surface area (Å²) < 4.78 is 78.2. The summed E-state index contributed by atoms with van der Waals surface area (Å²) in [4.78, 5) is 3.63. The average molecular weight is 316 g/mol. The highest BCUT2D eigenvalue weighted by Gasteiger charge is 2.59. The number of hydrogen-bond donors (Lipinski definition) is 1. The summed E-state index contributed by atoms with van der Waals surface area (Å²) in [6, 6.07) is 3.72. The van der Waals surface area contributed by atoms with Gasteiger partial charge in [-0.2, -0.15) is 26.3 Å². The molecule has 0 aliphatic carbocycles. The highest BCUT2D eigenvalue weighted by atomic mass is 19.4. The van der Waals surface area contributed by atoms with Crippen molar-refractivity contribution in [1.29, 1.82) is 0 Å². The van der Waals surface area contributed by atoms with Gasteiger partial charge in [0.05, 0.1) is 5.69 Å². The molecule has 9 heteroatoms. The Morgan fingerprint density at radius 2 is 1.76 bits per heavy atom. The monoisotopic (exact) mass is 316 g/mol. The second-order valence-corrected chi connectivity index (χ2v) is 4.23. The lowest BCUT2D eigenvalue weighted by Gasteiger charge is -2.23. The summed E-state index contributed by atoms with van der Waals surface area (Å²) in [5.41, 5.74) is 0.295. The highest BCUT2D eigenvalue weighted by Crippen LogP contribution is 2.36. The third-order valence-corrected chi connectivity index (χ3v) is 2.35. The van der Waals surface area contributed by atoms with Crippen molar-refractivity contribution in [1.82, 2.24) is 10.3 Å². The lowest BCUT2D eigenvalue weighted by atomic mass is 10.3. The van der Waals surface area contributed by atoms with Crippen LogP contribution in [0.5, 0.6) is 5.88 Å². The lowest BCUT2D eigenvalue weighted by molar-refractivity contribution is -0.300. The number of halogens is 6. The molecule has 0 unspecified atom stereocenters. The first-order valence-electron chi connectivity index (χ1n) is 6.11. The number of aromatic nitrogens is 1. The molecule has 0 fully saturated rings. The molecule has 120 valence electrons. The molecular formula is C12H14F6N2O. The average Bonchev–Trinajstić information content (AvgIpc) is 2.34. The van der Waals surface area contributed by atoms with Crippen LogP contribution in [0.1, 0.15) is 19.0 Å². The van der Waals surface area contributed by atoms with Gasteiger partial charge in [0.1, 0.15) is 0 Å². The Morgan fingerprint density at radius 3 is 2.29 bits per heavy atom. The molecule has 1 rings (SSSR count). The van der Waals surface area contributed by atoms with Gasteiger partial charge in [0.25, 0.3) is 6.10 Å². The SMILES string of the molecule is CCCNCc1cccc(OC(C(F)(F)F)C(F)(F)F)n1. The van der Waals surface area contributed by atoms with E-state index < -0.39 is 24.3 Å². The van der Waals surface area contributed by atoms with E-state index in [1.54, 1.807) is 0 Å². The minimum atomic E-state index is -5.56. The van der Waals surface area contributed by atoms with E-state index in [-0.39, 0.29) is 6.54 Å². The van der Waals surface area contributed by atoms with Gasteiger partial charge in [0.15, 0.2) is 0 Å². The fourth-order valence-corrected chi connectivity index (χ4v) is 1.45. The maximum atomic E-state index is 12.4. The highest BCUT2D eigenvalue weighted by molar-refractivity contribution is 5.16. The van der Waals surface area contributed by atoms with E-state index in [2.05, 4.69) is 15.0 Å². The second kappa shape index (κ2) is 6.97. The number of alkyl halides is 6. The summed E-state index contributed by atoms with van der Waals surface area (Å²) in [5.74, 6) is -0.717. The summed E-state index contributed by atoms with van der Waals surface area (Å²) in [5, 5.41) is 2.93. The third kappa shape index (κ3) is 5.78. The van der Waals surface area contributed by atoms with E-state index in [1.165, 1.54) is 12.1 Å². The zero-order valence-electron chi connectivity index (χ0n) is 11.1. The van der Waals surface area contributed by atoms with Crippen molar-refractivity contribution in [2.45, 2.75) is 38.3 Å². The number of pyridine rings is 1. The molecule has 3 nitrogen and oxygen atoms in total. The third-order valence-electron chi connectivity index (χ3n) is 2.35. The van der Waals surface area contributed by atoms with Crippen molar-refractivity contribution in [3.8, 4) is 5.88 Å². The van der Waals surface area contributed by atoms with E-state index in [4.69, 9.17) is 0 Å². The molecule has 1 aromatic rings. The minimum absolute atomic E-state index is 0.230. The topological polar surface area (TPSA) is 34.1 Å². The zero-order valence-corrected chi connectivity index (χ0v) is 11.1. The quantitative estimate of drug-likeness (QED) is 0.645. The summed E-state index contributed by atoms with van der Waals surface area (Å²) >= 11 is 0. The molecule has 0 radical (unpaired) electrons. The van der Waals surface area contributed by atoms with Gasteiger partial charge in [-0.05, 0) is 19.0 Å². The Bertz CT molecular complexity index is 432. The Hall–Kier alpha value is -1.51. The molecule has 0 amide bonds. The van der Waals surface area contributed by atoms with Crippen molar-refractivity contribution in [2.24, 2.45) is 0 Å². The molecule has 0 aliphatic rings. The van der Waals surface area contributed by atoms with Gasteiger partial charge >= 0.3 is 12.4 Å². The van der Waals surface area contributed by atoms with Crippen LogP contribution in [0, 0.1) is 0 Å². The minimum Gasteiger partial charge on any atom is -0.455 e. The molecule has 0 saturated heterocycles. The number of rotatable bonds is 6. The lowest BCUT2D eigenvalue weighted by Crippen LogP contribution is -2.46. The first kappa shape index (κ1) is 17.5. The normalized spacial score (nSPS) is 12.8. The molecule has 0 aromatic carbocycles. The van der Waals surface area contributed by atoms with Gasteiger partial charge in [-0.25, -0.2) is 4.98 Å². The van der Waals surface area contributed by atoms with Crippen LogP contribution in [0.15, 0.2) is 18.2 Å². The Balaban J connectivity index is 2.83. The van der Waals surface area contributed by atoms with Crippen LogP contribution in [-0.2, 0) is 6.54 Å². The van der Waals surface area contributed by atoms with Gasteiger partial charge in [0.2, 0.25) is 5.88 Å². The van der Waals surface area contributed by atoms with Crippen molar-refractivity contribution >= 4 is 0 Å². The Kier molecular flexibility index (Phi) is 5.82. The molecule has 0 bridgehead atoms. The summed E-state index contributed by atoms with van der Waals surface area (Å²) in [6.45, 7) is 2.80. The van der Waals surface area contributed by atoms with Crippen LogP contribution in [-0.4, -0.2) is 30.0 Å². The largest absolute Gasteiger partial charge is 0.455 e. The van der Waals surface area contributed by atoms with Gasteiger partial charge in [-0.3, -0.25) is 0 Å². The van der Waals surface area contributed by atoms with Gasteiger partial charge in [0, 0.05) is 12.6 Å². The van der Waals surface area contributed by atoms with Crippen LogP contribution in [0.3, 0.4) is 0 Å². The fraction of sp³-hybridized carbons (Fsp3) is 0.583. The Morgan fingerprint density at radius 1 is 1.14 bits per heavy atom.